The standard InChI is InChI=1S/C14H18N4O/c1-11(15)14(19)17-8-12-4-2-3-5-13(12)9-18-7-6-16-10-18/h2-7,10-11H,8-9,15H2,1H3,(H,17,19). The number of amides is 1. The summed E-state index contributed by atoms with van der Waals surface area (Å²) >= 11 is 0. The van der Waals surface area contributed by atoms with Gasteiger partial charge in [-0.2, -0.15) is 0 Å². The molecule has 100 valence electrons. The molecule has 0 spiro atoms. The lowest BCUT2D eigenvalue weighted by molar-refractivity contribution is -0.122. The van der Waals surface area contributed by atoms with Crippen LogP contribution in [0.4, 0.5) is 0 Å². The van der Waals surface area contributed by atoms with Gasteiger partial charge in [0.1, 0.15) is 0 Å². The SMILES string of the molecule is CC(N)C(=O)NCc1ccccc1Cn1ccnc1. The van der Waals surface area contributed by atoms with Crippen LogP contribution in [0.2, 0.25) is 0 Å². The number of carbonyl (C=O) groups excluding carboxylic acids is 1. The van der Waals surface area contributed by atoms with E-state index in [0.717, 1.165) is 17.7 Å². The number of imidazole rings is 1. The van der Waals surface area contributed by atoms with Crippen molar-refractivity contribution >= 4 is 5.91 Å². The van der Waals surface area contributed by atoms with E-state index in [4.69, 9.17) is 5.73 Å². The van der Waals surface area contributed by atoms with Crippen LogP contribution in [0.25, 0.3) is 0 Å². The Bertz CT molecular complexity index is 534. The van der Waals surface area contributed by atoms with Gasteiger partial charge in [0, 0.05) is 25.5 Å². The van der Waals surface area contributed by atoms with Crippen LogP contribution in [0.5, 0.6) is 0 Å². The van der Waals surface area contributed by atoms with Crippen LogP contribution in [0.1, 0.15) is 18.1 Å². The van der Waals surface area contributed by atoms with Crippen molar-refractivity contribution in [3.63, 3.8) is 0 Å². The fourth-order valence-corrected chi connectivity index (χ4v) is 1.80. The number of hydrogen-bond donors (Lipinski definition) is 2. The zero-order valence-electron chi connectivity index (χ0n) is 10.9. The molecule has 2 aromatic rings. The van der Waals surface area contributed by atoms with Gasteiger partial charge in [0.2, 0.25) is 5.91 Å². The van der Waals surface area contributed by atoms with Crippen LogP contribution in [0, 0.1) is 0 Å². The highest BCUT2D eigenvalue weighted by Gasteiger charge is 2.08. The van der Waals surface area contributed by atoms with Crippen molar-refractivity contribution in [1.82, 2.24) is 14.9 Å². The number of nitrogens with two attached hydrogens (primary N) is 1. The Morgan fingerprint density at radius 2 is 2.16 bits per heavy atom. The number of benzene rings is 1. The molecular formula is C14H18N4O. The average molecular weight is 258 g/mol. The molecule has 2 rings (SSSR count). The summed E-state index contributed by atoms with van der Waals surface area (Å²) in [6, 6.07) is 7.52. The van der Waals surface area contributed by atoms with Gasteiger partial charge in [-0.3, -0.25) is 4.79 Å². The molecule has 1 amide bonds. The summed E-state index contributed by atoms with van der Waals surface area (Å²) in [5.74, 6) is -0.141. The van der Waals surface area contributed by atoms with Crippen LogP contribution in [0.15, 0.2) is 43.0 Å². The van der Waals surface area contributed by atoms with E-state index in [1.54, 1.807) is 19.4 Å². The molecule has 0 radical (unpaired) electrons. The summed E-state index contributed by atoms with van der Waals surface area (Å²) in [4.78, 5) is 15.5. The molecule has 1 unspecified atom stereocenters. The van der Waals surface area contributed by atoms with Gasteiger partial charge in [0.25, 0.3) is 0 Å². The second kappa shape index (κ2) is 6.15. The van der Waals surface area contributed by atoms with Crippen LogP contribution in [0.3, 0.4) is 0 Å². The maximum Gasteiger partial charge on any atom is 0.236 e. The first kappa shape index (κ1) is 13.3. The van der Waals surface area contributed by atoms with Crippen molar-refractivity contribution in [3.8, 4) is 0 Å². The fourth-order valence-electron chi connectivity index (χ4n) is 1.80. The Balaban J connectivity index is 2.06. The van der Waals surface area contributed by atoms with Crippen LogP contribution < -0.4 is 11.1 Å². The van der Waals surface area contributed by atoms with Crippen LogP contribution in [-0.2, 0) is 17.9 Å². The number of nitrogens with one attached hydrogen (secondary N) is 1. The Morgan fingerprint density at radius 3 is 2.79 bits per heavy atom. The van der Waals surface area contributed by atoms with E-state index >= 15 is 0 Å². The highest BCUT2D eigenvalue weighted by Crippen LogP contribution is 2.10. The Kier molecular flexibility index (Phi) is 4.30. The normalized spacial score (nSPS) is 12.1. The van der Waals surface area contributed by atoms with E-state index in [-0.39, 0.29) is 5.91 Å². The van der Waals surface area contributed by atoms with Gasteiger partial charge in [0.05, 0.1) is 12.4 Å². The van der Waals surface area contributed by atoms with Gasteiger partial charge in [-0.1, -0.05) is 24.3 Å². The third-order valence-electron chi connectivity index (χ3n) is 2.90. The minimum absolute atomic E-state index is 0.141. The van der Waals surface area contributed by atoms with E-state index in [0.29, 0.717) is 6.54 Å². The highest BCUT2D eigenvalue weighted by molar-refractivity contribution is 5.80. The van der Waals surface area contributed by atoms with Crippen molar-refractivity contribution in [3.05, 3.63) is 54.1 Å². The second-order valence-electron chi connectivity index (χ2n) is 4.51. The number of aromatic nitrogens is 2. The van der Waals surface area contributed by atoms with Gasteiger partial charge in [0.15, 0.2) is 0 Å². The molecule has 1 aromatic carbocycles. The van der Waals surface area contributed by atoms with Crippen molar-refractivity contribution in [2.75, 3.05) is 0 Å². The predicted octanol–water partition coefficient (Wildman–Crippen LogP) is 0.895. The van der Waals surface area contributed by atoms with Gasteiger partial charge >= 0.3 is 0 Å². The molecule has 0 fully saturated rings. The summed E-state index contributed by atoms with van der Waals surface area (Å²) in [6.07, 6.45) is 5.44. The fraction of sp³-hybridized carbons (Fsp3) is 0.286. The number of carbonyl (C=O) groups is 1. The average Bonchev–Trinajstić information content (AvgIpc) is 2.90. The molecule has 0 aliphatic rings. The van der Waals surface area contributed by atoms with Crippen molar-refractivity contribution in [2.45, 2.75) is 26.1 Å². The monoisotopic (exact) mass is 258 g/mol. The topological polar surface area (TPSA) is 72.9 Å². The van der Waals surface area contributed by atoms with Crippen molar-refractivity contribution in [1.29, 1.82) is 0 Å². The molecular weight excluding hydrogens is 240 g/mol. The highest BCUT2D eigenvalue weighted by atomic mass is 16.2. The van der Waals surface area contributed by atoms with Crippen LogP contribution in [-0.4, -0.2) is 21.5 Å². The lowest BCUT2D eigenvalue weighted by Gasteiger charge is -2.12. The molecule has 1 heterocycles. The Morgan fingerprint density at radius 1 is 1.42 bits per heavy atom. The quantitative estimate of drug-likeness (QED) is 0.836. The van der Waals surface area contributed by atoms with E-state index in [9.17, 15) is 4.79 Å². The molecule has 5 nitrogen and oxygen atoms in total. The third-order valence-corrected chi connectivity index (χ3v) is 2.90. The van der Waals surface area contributed by atoms with Gasteiger partial charge < -0.3 is 15.6 Å². The minimum atomic E-state index is -0.485. The van der Waals surface area contributed by atoms with E-state index in [2.05, 4.69) is 10.3 Å². The summed E-state index contributed by atoms with van der Waals surface area (Å²) in [5.41, 5.74) is 7.77. The summed E-state index contributed by atoms with van der Waals surface area (Å²) in [5, 5.41) is 2.83. The zero-order chi connectivity index (χ0) is 13.7. The first-order valence-electron chi connectivity index (χ1n) is 6.22. The smallest absolute Gasteiger partial charge is 0.236 e. The molecule has 1 atom stereocenters. The minimum Gasteiger partial charge on any atom is -0.351 e. The summed E-state index contributed by atoms with van der Waals surface area (Å²) in [7, 11) is 0. The van der Waals surface area contributed by atoms with E-state index in [1.165, 1.54) is 0 Å². The predicted molar refractivity (Wildman–Crippen MR) is 73.3 cm³/mol. The number of nitrogens with zero attached hydrogens (tertiary/aromatic N) is 2. The van der Waals surface area contributed by atoms with Crippen molar-refractivity contribution < 1.29 is 4.79 Å². The molecule has 0 saturated heterocycles. The molecule has 5 heteroatoms. The lowest BCUT2D eigenvalue weighted by Crippen LogP contribution is -2.38. The van der Waals surface area contributed by atoms with Crippen LogP contribution >= 0.6 is 0 Å². The maximum absolute atomic E-state index is 11.5. The van der Waals surface area contributed by atoms with E-state index in [1.807, 2.05) is 35.0 Å². The Labute approximate surface area is 112 Å². The first-order valence-corrected chi connectivity index (χ1v) is 6.22. The third kappa shape index (κ3) is 3.66. The van der Waals surface area contributed by atoms with E-state index < -0.39 is 6.04 Å². The summed E-state index contributed by atoms with van der Waals surface area (Å²) in [6.45, 7) is 2.90. The zero-order valence-corrected chi connectivity index (χ0v) is 10.9. The van der Waals surface area contributed by atoms with Gasteiger partial charge in [-0.25, -0.2) is 4.98 Å². The van der Waals surface area contributed by atoms with Crippen molar-refractivity contribution in [2.24, 2.45) is 5.73 Å². The number of rotatable bonds is 5. The second-order valence-corrected chi connectivity index (χ2v) is 4.51. The number of hydrogen-bond acceptors (Lipinski definition) is 3. The summed E-state index contributed by atoms with van der Waals surface area (Å²) < 4.78 is 1.99. The molecule has 3 N–H and O–H groups in total. The lowest BCUT2D eigenvalue weighted by atomic mass is 10.1. The molecule has 0 saturated carbocycles. The largest absolute Gasteiger partial charge is 0.351 e. The van der Waals surface area contributed by atoms with Gasteiger partial charge in [-0.15, -0.1) is 0 Å². The van der Waals surface area contributed by atoms with Gasteiger partial charge in [-0.05, 0) is 18.1 Å². The Hall–Kier alpha value is -2.14. The molecule has 0 aliphatic carbocycles. The molecule has 0 bridgehead atoms. The molecule has 19 heavy (non-hydrogen) atoms. The first-order chi connectivity index (χ1) is 9.16. The molecule has 0 aliphatic heterocycles. The molecule has 1 aromatic heterocycles. The maximum atomic E-state index is 11.5.